The summed E-state index contributed by atoms with van der Waals surface area (Å²) >= 11 is 6.04. The summed E-state index contributed by atoms with van der Waals surface area (Å²) in [5, 5.41) is 3.34. The van der Waals surface area contributed by atoms with E-state index < -0.39 is 0 Å². The summed E-state index contributed by atoms with van der Waals surface area (Å²) in [4.78, 5) is 27.7. The molecule has 0 saturated carbocycles. The topological polar surface area (TPSA) is 52.7 Å². The highest BCUT2D eigenvalue weighted by Crippen LogP contribution is 2.23. The molecule has 25 heavy (non-hydrogen) atoms. The van der Waals surface area contributed by atoms with Crippen molar-refractivity contribution < 1.29 is 14.0 Å². The van der Waals surface area contributed by atoms with E-state index >= 15 is 0 Å². The molecule has 2 aromatic carbocycles. The maximum Gasteiger partial charge on any atom is 0.325 e. The summed E-state index contributed by atoms with van der Waals surface area (Å²) in [5.41, 5.74) is 2.01. The summed E-state index contributed by atoms with van der Waals surface area (Å²) < 4.78 is 13.0. The smallest absolute Gasteiger partial charge is 0.324 e. The van der Waals surface area contributed by atoms with Crippen molar-refractivity contribution in [1.29, 1.82) is 0 Å². The average Bonchev–Trinajstić information content (AvgIpc) is 2.93. The Morgan fingerprint density at radius 1 is 1.20 bits per heavy atom. The fourth-order valence-corrected chi connectivity index (χ4v) is 2.87. The van der Waals surface area contributed by atoms with Crippen molar-refractivity contribution in [2.24, 2.45) is 0 Å². The first-order valence-corrected chi connectivity index (χ1v) is 8.20. The lowest BCUT2D eigenvalue weighted by Crippen LogP contribution is -2.37. The average molecular weight is 362 g/mol. The summed E-state index contributed by atoms with van der Waals surface area (Å²) in [6.45, 7) is 2.64. The van der Waals surface area contributed by atoms with Crippen LogP contribution in [0.2, 0.25) is 5.02 Å². The number of halogens is 2. The molecular weight excluding hydrogens is 345 g/mol. The van der Waals surface area contributed by atoms with E-state index in [-0.39, 0.29) is 24.3 Å². The van der Waals surface area contributed by atoms with E-state index in [9.17, 15) is 14.0 Å². The predicted octanol–water partition coefficient (Wildman–Crippen LogP) is 3.67. The maximum absolute atomic E-state index is 13.0. The SMILES string of the molecule is Cc1c(Cl)cccc1NC(=O)CN1CCN(c2ccc(F)cc2)C1=O. The Morgan fingerprint density at radius 3 is 2.64 bits per heavy atom. The number of carbonyl (C=O) groups is 2. The fraction of sp³-hybridized carbons (Fsp3) is 0.222. The molecule has 2 aromatic rings. The summed E-state index contributed by atoms with van der Waals surface area (Å²) in [5.74, 6) is -0.650. The van der Waals surface area contributed by atoms with Gasteiger partial charge < -0.3 is 10.2 Å². The second kappa shape index (κ2) is 7.11. The van der Waals surface area contributed by atoms with Crippen molar-refractivity contribution in [2.75, 3.05) is 29.9 Å². The molecule has 1 heterocycles. The summed E-state index contributed by atoms with van der Waals surface area (Å²) in [7, 11) is 0. The van der Waals surface area contributed by atoms with E-state index in [0.29, 0.717) is 29.5 Å². The molecule has 1 saturated heterocycles. The zero-order valence-electron chi connectivity index (χ0n) is 13.6. The van der Waals surface area contributed by atoms with E-state index in [1.165, 1.54) is 21.9 Å². The van der Waals surface area contributed by atoms with Gasteiger partial charge in [-0.1, -0.05) is 17.7 Å². The third-order valence-electron chi connectivity index (χ3n) is 4.11. The minimum atomic E-state index is -0.358. The van der Waals surface area contributed by atoms with Crippen LogP contribution in [0.3, 0.4) is 0 Å². The molecule has 130 valence electrons. The third-order valence-corrected chi connectivity index (χ3v) is 4.52. The van der Waals surface area contributed by atoms with Crippen molar-refractivity contribution in [3.63, 3.8) is 0 Å². The molecule has 1 aliphatic heterocycles. The van der Waals surface area contributed by atoms with Gasteiger partial charge in [-0.2, -0.15) is 0 Å². The number of benzene rings is 2. The van der Waals surface area contributed by atoms with Gasteiger partial charge in [0.15, 0.2) is 0 Å². The molecule has 5 nitrogen and oxygen atoms in total. The lowest BCUT2D eigenvalue weighted by atomic mass is 10.2. The number of carbonyl (C=O) groups excluding carboxylic acids is 2. The van der Waals surface area contributed by atoms with Crippen LogP contribution >= 0.6 is 11.6 Å². The Hall–Kier alpha value is -2.60. The number of nitrogens with one attached hydrogen (secondary N) is 1. The van der Waals surface area contributed by atoms with Crippen molar-refractivity contribution in [3.8, 4) is 0 Å². The van der Waals surface area contributed by atoms with Crippen LogP contribution in [0.1, 0.15) is 5.56 Å². The van der Waals surface area contributed by atoms with Crippen LogP contribution < -0.4 is 10.2 Å². The molecule has 0 aromatic heterocycles. The van der Waals surface area contributed by atoms with Crippen molar-refractivity contribution >= 4 is 34.9 Å². The molecule has 0 aliphatic carbocycles. The van der Waals surface area contributed by atoms with Crippen LogP contribution in [-0.4, -0.2) is 36.5 Å². The second-order valence-electron chi connectivity index (χ2n) is 5.79. The Bertz CT molecular complexity index is 810. The van der Waals surface area contributed by atoms with Gasteiger partial charge in [-0.05, 0) is 48.9 Å². The van der Waals surface area contributed by atoms with Gasteiger partial charge in [-0.15, -0.1) is 0 Å². The molecule has 1 N–H and O–H groups in total. The van der Waals surface area contributed by atoms with Gasteiger partial charge in [0.2, 0.25) is 5.91 Å². The zero-order chi connectivity index (χ0) is 18.0. The number of urea groups is 1. The van der Waals surface area contributed by atoms with Gasteiger partial charge in [0.25, 0.3) is 0 Å². The highest BCUT2D eigenvalue weighted by atomic mass is 35.5. The highest BCUT2D eigenvalue weighted by molar-refractivity contribution is 6.31. The number of amides is 3. The molecule has 1 fully saturated rings. The van der Waals surface area contributed by atoms with Gasteiger partial charge in [-0.3, -0.25) is 9.69 Å². The van der Waals surface area contributed by atoms with E-state index in [4.69, 9.17) is 11.6 Å². The lowest BCUT2D eigenvalue weighted by Gasteiger charge is -2.19. The van der Waals surface area contributed by atoms with Gasteiger partial charge in [0.1, 0.15) is 12.4 Å². The monoisotopic (exact) mass is 361 g/mol. The molecule has 0 unspecified atom stereocenters. The summed E-state index contributed by atoms with van der Waals surface area (Å²) in [6.07, 6.45) is 0. The first kappa shape index (κ1) is 17.2. The lowest BCUT2D eigenvalue weighted by molar-refractivity contribution is -0.116. The Balaban J connectivity index is 1.63. The van der Waals surface area contributed by atoms with Gasteiger partial charge in [0.05, 0.1) is 0 Å². The Morgan fingerprint density at radius 2 is 1.92 bits per heavy atom. The third kappa shape index (κ3) is 3.74. The molecule has 3 amide bonds. The molecule has 1 aliphatic rings. The molecule has 0 bridgehead atoms. The quantitative estimate of drug-likeness (QED) is 0.903. The summed E-state index contributed by atoms with van der Waals surface area (Å²) in [6, 6.07) is 10.7. The van der Waals surface area contributed by atoms with Crippen LogP contribution in [-0.2, 0) is 4.79 Å². The van der Waals surface area contributed by atoms with Crippen molar-refractivity contribution in [1.82, 2.24) is 4.90 Å². The molecule has 0 atom stereocenters. The van der Waals surface area contributed by atoms with Crippen molar-refractivity contribution in [2.45, 2.75) is 6.92 Å². The molecule has 0 spiro atoms. The number of hydrogen-bond donors (Lipinski definition) is 1. The van der Waals surface area contributed by atoms with E-state index in [2.05, 4.69) is 5.32 Å². The highest BCUT2D eigenvalue weighted by Gasteiger charge is 2.30. The van der Waals surface area contributed by atoms with Gasteiger partial charge in [0, 0.05) is 29.5 Å². The Labute approximate surface area is 150 Å². The van der Waals surface area contributed by atoms with Crippen LogP contribution in [0.5, 0.6) is 0 Å². The fourth-order valence-electron chi connectivity index (χ4n) is 2.70. The molecule has 3 rings (SSSR count). The number of rotatable bonds is 4. The first-order valence-electron chi connectivity index (χ1n) is 7.82. The Kier molecular flexibility index (Phi) is 4.90. The minimum Gasteiger partial charge on any atom is -0.324 e. The molecule has 0 radical (unpaired) electrons. The van der Waals surface area contributed by atoms with Crippen LogP contribution in [0.25, 0.3) is 0 Å². The van der Waals surface area contributed by atoms with Gasteiger partial charge >= 0.3 is 6.03 Å². The molecule has 7 heteroatoms. The van der Waals surface area contributed by atoms with E-state index in [1.807, 2.05) is 6.92 Å². The number of nitrogens with zero attached hydrogens (tertiary/aromatic N) is 2. The first-order chi connectivity index (χ1) is 12.0. The molecular formula is C18H17ClFN3O2. The second-order valence-corrected chi connectivity index (χ2v) is 6.20. The largest absolute Gasteiger partial charge is 0.325 e. The van der Waals surface area contributed by atoms with Crippen LogP contribution in [0, 0.1) is 12.7 Å². The minimum absolute atomic E-state index is 0.0531. The zero-order valence-corrected chi connectivity index (χ0v) is 14.4. The van der Waals surface area contributed by atoms with E-state index in [1.54, 1.807) is 30.3 Å². The van der Waals surface area contributed by atoms with Crippen molar-refractivity contribution in [3.05, 3.63) is 58.9 Å². The standard InChI is InChI=1S/C18H17ClFN3O2/c1-12-15(19)3-2-4-16(12)21-17(24)11-22-9-10-23(18(22)25)14-7-5-13(20)6-8-14/h2-8H,9-11H2,1H3,(H,21,24). The number of anilines is 2. The van der Waals surface area contributed by atoms with E-state index in [0.717, 1.165) is 5.56 Å². The maximum atomic E-state index is 13.0. The van der Waals surface area contributed by atoms with Gasteiger partial charge in [-0.25, -0.2) is 9.18 Å². The number of hydrogen-bond acceptors (Lipinski definition) is 2. The van der Waals surface area contributed by atoms with Crippen LogP contribution in [0.4, 0.5) is 20.6 Å². The normalized spacial score (nSPS) is 14.1. The predicted molar refractivity (Wildman–Crippen MR) is 95.5 cm³/mol. The van der Waals surface area contributed by atoms with Crippen LogP contribution in [0.15, 0.2) is 42.5 Å².